The molecule has 0 fully saturated rings. The standard InChI is InChI=1S/C76H58N6O4/c1-85-75(83)61-29-17-15-27-59(61)73-69-47-43-65(77-69)63(41-35-51-31-37-57(38-32-51)81(53-19-7-3-8-20-53)54-21-9-4-10-22-54)67-45-49-71(79-67)74(60-28-16-18-30-62(60)76(84)86-2)72-50-46-68(80-72)64(66-44-48-70(73)78-66)42-36-52-33-39-58(40-34-52)82(55-23-11-5-12-24-55)56-25-13-6-14-26-56/h3-50,77-80H,1-2H3/b41-35+,42-36+,65-63?,66-64?,67-63?,68-64?,73-69?,73-70?,74-71?,74-72?. The number of benzene rings is 8. The Bertz CT molecular complexity index is 4360. The predicted octanol–water partition coefficient (Wildman–Crippen LogP) is 14.1. The molecule has 86 heavy (non-hydrogen) atoms. The molecule has 10 heteroatoms. The van der Waals surface area contributed by atoms with Gasteiger partial charge in [-0.3, -0.25) is 0 Å². The van der Waals surface area contributed by atoms with E-state index in [0.717, 1.165) is 112 Å². The van der Waals surface area contributed by atoms with E-state index in [1.54, 1.807) is 12.1 Å². The first-order chi connectivity index (χ1) is 42.4. The number of hydrogen-bond acceptors (Lipinski definition) is 6. The van der Waals surface area contributed by atoms with E-state index < -0.39 is 11.9 Å². The van der Waals surface area contributed by atoms with Crippen LogP contribution in [0.4, 0.5) is 34.1 Å². The fourth-order valence-corrected chi connectivity index (χ4v) is 11.3. The molecule has 0 radical (unpaired) electrons. The molecule has 0 saturated heterocycles. The van der Waals surface area contributed by atoms with Crippen molar-refractivity contribution in [2.45, 2.75) is 0 Å². The van der Waals surface area contributed by atoms with E-state index in [9.17, 15) is 9.59 Å². The average molecular weight is 1120 g/mol. The van der Waals surface area contributed by atoms with Crippen LogP contribution >= 0.6 is 0 Å². The van der Waals surface area contributed by atoms with E-state index in [2.05, 4.69) is 248 Å². The number of allylic oxidation sites excluding steroid dienone is 2. The number of carbonyl (C=O) groups is 2. The van der Waals surface area contributed by atoms with Crippen LogP contribution < -0.4 is 31.2 Å². The lowest BCUT2D eigenvalue weighted by Crippen LogP contribution is -2.19. The SMILES string of the molecule is COC(=O)c1ccccc1C1=c2ccc([nH]2)=C(/C=C/c2ccc(N(c3ccccc3)c3ccccc3)cc2)c2ccc([nH]2)C(c2ccccc2C(=O)OC)=c2ccc([nH]2)=C(/C=C/c2ccc(N(c3ccccc3)c3ccccc3)cc2)c2ccc1[nH]2. The third kappa shape index (κ3) is 10.8. The summed E-state index contributed by atoms with van der Waals surface area (Å²) in [5.41, 5.74) is 16.8. The third-order valence-electron chi connectivity index (χ3n) is 15.4. The van der Waals surface area contributed by atoms with Gasteiger partial charge in [0.1, 0.15) is 0 Å². The van der Waals surface area contributed by atoms with Gasteiger partial charge in [-0.15, -0.1) is 0 Å². The molecule has 0 atom stereocenters. The van der Waals surface area contributed by atoms with Crippen molar-refractivity contribution in [2.75, 3.05) is 24.0 Å². The monoisotopic (exact) mass is 1120 g/mol. The molecule has 1 aliphatic heterocycles. The van der Waals surface area contributed by atoms with Crippen LogP contribution in [-0.2, 0) is 9.47 Å². The molecule has 416 valence electrons. The highest BCUT2D eigenvalue weighted by atomic mass is 16.5. The van der Waals surface area contributed by atoms with Crippen LogP contribution in [0.5, 0.6) is 0 Å². The maximum absolute atomic E-state index is 13.7. The van der Waals surface area contributed by atoms with E-state index in [1.165, 1.54) is 14.2 Å². The van der Waals surface area contributed by atoms with Crippen molar-refractivity contribution < 1.29 is 19.1 Å². The molecule has 0 saturated carbocycles. The first-order valence-corrected chi connectivity index (χ1v) is 28.4. The summed E-state index contributed by atoms with van der Waals surface area (Å²) in [6.07, 6.45) is 8.45. The van der Waals surface area contributed by atoms with Crippen molar-refractivity contribution in [3.05, 3.63) is 357 Å². The van der Waals surface area contributed by atoms with Gasteiger partial charge in [0.15, 0.2) is 0 Å². The molecule has 10 nitrogen and oxygen atoms in total. The molecule has 0 aliphatic carbocycles. The summed E-state index contributed by atoms with van der Waals surface area (Å²) in [6, 6.07) is 90.0. The van der Waals surface area contributed by atoms with Gasteiger partial charge in [0.2, 0.25) is 0 Å². The van der Waals surface area contributed by atoms with Gasteiger partial charge < -0.3 is 39.2 Å². The summed E-state index contributed by atoms with van der Waals surface area (Å²) in [5.74, 6) is -0.905. The van der Waals surface area contributed by atoms with Crippen LogP contribution in [0.2, 0.25) is 0 Å². The molecular weight excluding hydrogens is 1060 g/mol. The number of methoxy groups -OCH3 is 2. The summed E-state index contributed by atoms with van der Waals surface area (Å²) < 4.78 is 10.8. The number of aromatic amines is 4. The van der Waals surface area contributed by atoms with E-state index in [0.29, 0.717) is 22.3 Å². The minimum atomic E-state index is -0.453. The largest absolute Gasteiger partial charge is 0.465 e. The number of hydrogen-bond donors (Lipinski definition) is 4. The fraction of sp³-hybridized carbons (Fsp3) is 0.0263. The molecule has 8 aromatic carbocycles. The smallest absolute Gasteiger partial charge is 0.338 e. The van der Waals surface area contributed by atoms with Gasteiger partial charge in [-0.1, -0.05) is 158 Å². The van der Waals surface area contributed by atoms with Gasteiger partial charge in [-0.2, -0.15) is 0 Å². The lowest BCUT2D eigenvalue weighted by Gasteiger charge is -2.25. The highest BCUT2D eigenvalue weighted by Gasteiger charge is 2.23. The number of rotatable bonds is 14. The van der Waals surface area contributed by atoms with Crippen molar-refractivity contribution in [1.29, 1.82) is 0 Å². The molecule has 4 N–H and O–H groups in total. The van der Waals surface area contributed by atoms with Crippen molar-refractivity contribution in [2.24, 2.45) is 0 Å². The number of fused-ring (bicyclic) bond motifs is 8. The maximum Gasteiger partial charge on any atom is 0.338 e. The molecule has 5 heterocycles. The molecule has 0 spiro atoms. The zero-order valence-electron chi connectivity index (χ0n) is 47.2. The minimum Gasteiger partial charge on any atom is -0.465 e. The van der Waals surface area contributed by atoms with Crippen LogP contribution in [-0.4, -0.2) is 46.1 Å². The average Bonchev–Trinajstić information content (AvgIpc) is 3.16. The van der Waals surface area contributed by atoms with Crippen LogP contribution in [0.3, 0.4) is 0 Å². The number of esters is 2. The second-order valence-electron chi connectivity index (χ2n) is 20.7. The summed E-state index contributed by atoms with van der Waals surface area (Å²) in [6.45, 7) is 0. The Morgan fingerprint density at radius 3 is 0.953 bits per heavy atom. The van der Waals surface area contributed by atoms with E-state index in [-0.39, 0.29) is 0 Å². The zero-order chi connectivity index (χ0) is 58.3. The number of aromatic nitrogens is 4. The third-order valence-corrected chi connectivity index (χ3v) is 15.4. The Morgan fingerprint density at radius 1 is 0.302 bits per heavy atom. The summed E-state index contributed by atoms with van der Waals surface area (Å²) in [4.78, 5) is 47.2. The molecule has 0 unspecified atom stereocenters. The van der Waals surface area contributed by atoms with Crippen LogP contribution in [0.1, 0.15) is 65.7 Å². The molecule has 4 aromatic heterocycles. The highest BCUT2D eigenvalue weighted by molar-refractivity contribution is 5.99. The summed E-state index contributed by atoms with van der Waals surface area (Å²) in [7, 11) is 2.81. The summed E-state index contributed by atoms with van der Waals surface area (Å²) >= 11 is 0. The highest BCUT2D eigenvalue weighted by Crippen LogP contribution is 2.37. The minimum absolute atomic E-state index is 0.418. The summed E-state index contributed by atoms with van der Waals surface area (Å²) in [5, 5.41) is 3.14. The quantitative estimate of drug-likeness (QED) is 0.0805. The van der Waals surface area contributed by atoms with Gasteiger partial charge in [0, 0.05) is 112 Å². The van der Waals surface area contributed by atoms with Crippen LogP contribution in [0, 0.1) is 0 Å². The molecule has 13 rings (SSSR count). The molecule has 8 bridgehead atoms. The Balaban J connectivity index is 0.996. The molecular formula is C76H58N6O4. The number of para-hydroxylation sites is 4. The zero-order valence-corrected chi connectivity index (χ0v) is 47.2. The van der Waals surface area contributed by atoms with Crippen molar-refractivity contribution in [1.82, 2.24) is 19.9 Å². The maximum atomic E-state index is 13.7. The number of carbonyl (C=O) groups excluding carboxylic acids is 2. The van der Waals surface area contributed by atoms with Gasteiger partial charge in [-0.25, -0.2) is 9.59 Å². The molecule has 12 aromatic rings. The van der Waals surface area contributed by atoms with Crippen LogP contribution in [0.25, 0.3) is 34.4 Å². The van der Waals surface area contributed by atoms with E-state index in [1.807, 2.05) is 60.7 Å². The Hall–Kier alpha value is -11.6. The number of nitrogens with zero attached hydrogens (tertiary/aromatic N) is 2. The fourth-order valence-electron chi connectivity index (χ4n) is 11.3. The van der Waals surface area contributed by atoms with Crippen molar-refractivity contribution in [3.8, 4) is 0 Å². The van der Waals surface area contributed by atoms with Crippen molar-refractivity contribution in [3.63, 3.8) is 0 Å². The number of anilines is 6. The van der Waals surface area contributed by atoms with Gasteiger partial charge in [0.05, 0.1) is 25.3 Å². The van der Waals surface area contributed by atoms with Crippen molar-refractivity contribution >= 4 is 80.5 Å². The predicted molar refractivity (Wildman–Crippen MR) is 346 cm³/mol. The number of ether oxygens (including phenoxy) is 2. The first-order valence-electron chi connectivity index (χ1n) is 28.4. The Kier molecular flexibility index (Phi) is 15.0. The Labute approximate surface area is 497 Å². The first kappa shape index (κ1) is 53.7. The number of nitrogens with one attached hydrogen (secondary N) is 4. The van der Waals surface area contributed by atoms with Gasteiger partial charge >= 0.3 is 11.9 Å². The van der Waals surface area contributed by atoms with E-state index in [4.69, 9.17) is 9.47 Å². The van der Waals surface area contributed by atoms with Crippen LogP contribution in [0.15, 0.2) is 279 Å². The topological polar surface area (TPSA) is 122 Å². The number of H-pyrrole nitrogens is 4. The van der Waals surface area contributed by atoms with Gasteiger partial charge in [0.25, 0.3) is 0 Å². The Morgan fingerprint density at radius 2 is 0.605 bits per heavy atom. The lowest BCUT2D eigenvalue weighted by atomic mass is 9.97. The molecule has 1 aliphatic rings. The lowest BCUT2D eigenvalue weighted by molar-refractivity contribution is 0.0591. The normalized spacial score (nSPS) is 12.2. The van der Waals surface area contributed by atoms with E-state index >= 15 is 0 Å². The second-order valence-corrected chi connectivity index (χ2v) is 20.7. The second kappa shape index (κ2) is 24.1. The van der Waals surface area contributed by atoms with Gasteiger partial charge in [-0.05, 0) is 145 Å². The molecule has 0 amide bonds.